The van der Waals surface area contributed by atoms with Crippen molar-refractivity contribution in [3.05, 3.63) is 35.4 Å². The Morgan fingerprint density at radius 3 is 2.68 bits per heavy atom. The predicted molar refractivity (Wildman–Crippen MR) is 77.3 cm³/mol. The van der Waals surface area contributed by atoms with Crippen LogP contribution in [-0.4, -0.2) is 17.9 Å². The van der Waals surface area contributed by atoms with E-state index >= 15 is 0 Å². The third kappa shape index (κ3) is 2.34. The van der Waals surface area contributed by atoms with Crippen LogP contribution in [0.1, 0.15) is 49.7 Å². The van der Waals surface area contributed by atoms with E-state index in [9.17, 15) is 4.79 Å². The van der Waals surface area contributed by atoms with E-state index in [0.717, 1.165) is 6.42 Å². The quantitative estimate of drug-likeness (QED) is 0.901. The highest BCUT2D eigenvalue weighted by Gasteiger charge is 2.44. The van der Waals surface area contributed by atoms with Gasteiger partial charge in [-0.2, -0.15) is 0 Å². The van der Waals surface area contributed by atoms with Gasteiger partial charge >= 0.3 is 0 Å². The fourth-order valence-electron chi connectivity index (χ4n) is 3.89. The molecule has 0 radical (unpaired) electrons. The van der Waals surface area contributed by atoms with Crippen molar-refractivity contribution < 1.29 is 4.79 Å². The van der Waals surface area contributed by atoms with Gasteiger partial charge in [0, 0.05) is 24.4 Å². The summed E-state index contributed by atoms with van der Waals surface area (Å²) < 4.78 is 0. The first-order chi connectivity index (χ1) is 9.19. The van der Waals surface area contributed by atoms with Crippen molar-refractivity contribution in [2.24, 2.45) is 5.92 Å². The van der Waals surface area contributed by atoms with Crippen molar-refractivity contribution in [3.63, 3.8) is 0 Å². The van der Waals surface area contributed by atoms with Crippen LogP contribution < -0.4 is 5.32 Å². The van der Waals surface area contributed by atoms with Crippen molar-refractivity contribution in [3.8, 4) is 0 Å². The fourth-order valence-corrected chi connectivity index (χ4v) is 3.89. The number of hydrogen-bond donors (Lipinski definition) is 1. The molecule has 2 heterocycles. The zero-order valence-electron chi connectivity index (χ0n) is 11.9. The molecule has 4 atom stereocenters. The highest BCUT2D eigenvalue weighted by Crippen LogP contribution is 2.42. The Balaban J connectivity index is 1.92. The minimum Gasteiger partial charge on any atom is -0.310 e. The first-order valence-electron chi connectivity index (χ1n) is 7.54. The molecule has 0 saturated carbocycles. The van der Waals surface area contributed by atoms with E-state index in [-0.39, 0.29) is 5.92 Å². The summed E-state index contributed by atoms with van der Waals surface area (Å²) in [6, 6.07) is 9.83. The lowest BCUT2D eigenvalue weighted by Crippen LogP contribution is -2.47. The summed E-state index contributed by atoms with van der Waals surface area (Å²) in [5.41, 5.74) is 2.65. The van der Waals surface area contributed by atoms with Crippen molar-refractivity contribution in [2.45, 2.75) is 57.5 Å². The van der Waals surface area contributed by atoms with E-state index in [0.29, 0.717) is 30.2 Å². The Morgan fingerprint density at radius 2 is 2.00 bits per heavy atom. The van der Waals surface area contributed by atoms with Crippen LogP contribution in [0.5, 0.6) is 0 Å². The summed E-state index contributed by atoms with van der Waals surface area (Å²) >= 11 is 0. The molecule has 102 valence electrons. The molecule has 2 bridgehead atoms. The number of carbonyl (C=O) groups is 1. The Labute approximate surface area is 115 Å². The van der Waals surface area contributed by atoms with Gasteiger partial charge in [0.2, 0.25) is 0 Å². The largest absolute Gasteiger partial charge is 0.310 e. The van der Waals surface area contributed by atoms with Gasteiger partial charge in [0.05, 0.1) is 0 Å². The summed E-state index contributed by atoms with van der Waals surface area (Å²) in [4.78, 5) is 12.4. The van der Waals surface area contributed by atoms with Gasteiger partial charge in [0.15, 0.2) is 0 Å². The average molecular weight is 257 g/mol. The minimum absolute atomic E-state index is 0.187. The van der Waals surface area contributed by atoms with Crippen LogP contribution in [0.25, 0.3) is 0 Å². The molecule has 0 spiro atoms. The number of Topliss-reactive ketones (excluding diaryl/α,β-unsaturated/α-hetero) is 1. The number of nitrogens with one attached hydrogen (secondary N) is 1. The Bertz CT molecular complexity index is 465. The summed E-state index contributed by atoms with van der Waals surface area (Å²) in [6.07, 6.45) is 4.19. The van der Waals surface area contributed by atoms with E-state index in [4.69, 9.17) is 0 Å². The lowest BCUT2D eigenvalue weighted by Gasteiger charge is -2.37. The van der Waals surface area contributed by atoms with Crippen molar-refractivity contribution in [1.29, 1.82) is 0 Å². The smallest absolute Gasteiger partial charge is 0.137 e. The molecular formula is C17H23NO. The maximum absolute atomic E-state index is 12.4. The van der Waals surface area contributed by atoms with Crippen molar-refractivity contribution in [2.75, 3.05) is 0 Å². The molecule has 2 aliphatic heterocycles. The molecule has 1 aromatic carbocycles. The molecule has 0 amide bonds. The second-order valence-electron chi connectivity index (χ2n) is 6.15. The van der Waals surface area contributed by atoms with Gasteiger partial charge < -0.3 is 5.32 Å². The third-order valence-electron chi connectivity index (χ3n) is 4.91. The van der Waals surface area contributed by atoms with Crippen LogP contribution in [0.3, 0.4) is 0 Å². The van der Waals surface area contributed by atoms with Crippen LogP contribution >= 0.6 is 0 Å². The molecular weight excluding hydrogens is 234 g/mol. The summed E-state index contributed by atoms with van der Waals surface area (Å²) in [6.45, 7) is 4.11. The van der Waals surface area contributed by atoms with Gasteiger partial charge in [-0.3, -0.25) is 4.79 Å². The Kier molecular flexibility index (Phi) is 3.44. The molecule has 2 heteroatoms. The zero-order valence-corrected chi connectivity index (χ0v) is 11.9. The van der Waals surface area contributed by atoms with Crippen LogP contribution in [0.15, 0.2) is 24.3 Å². The minimum atomic E-state index is 0.187. The molecule has 2 fully saturated rings. The van der Waals surface area contributed by atoms with Gasteiger partial charge in [-0.25, -0.2) is 0 Å². The second-order valence-corrected chi connectivity index (χ2v) is 6.15. The first-order valence-corrected chi connectivity index (χ1v) is 7.54. The number of rotatable bonds is 3. The van der Waals surface area contributed by atoms with Gasteiger partial charge in [0.1, 0.15) is 5.78 Å². The SMILES string of the molecule is CCC(=O)[C@H]1[C@@H](c2ccc(C)cc2)C[C@@H]2CC[C@H]1N2. The van der Waals surface area contributed by atoms with Crippen molar-refractivity contribution >= 4 is 5.78 Å². The predicted octanol–water partition coefficient (Wildman–Crippen LogP) is 3.20. The number of fused-ring (bicyclic) bond motifs is 2. The van der Waals surface area contributed by atoms with Gasteiger partial charge in [-0.05, 0) is 37.7 Å². The molecule has 0 aromatic heterocycles. The summed E-state index contributed by atoms with van der Waals surface area (Å²) in [5, 5.41) is 3.65. The van der Waals surface area contributed by atoms with Gasteiger partial charge in [-0.1, -0.05) is 36.8 Å². The van der Waals surface area contributed by atoms with E-state index in [1.165, 1.54) is 24.0 Å². The van der Waals surface area contributed by atoms with E-state index in [1.54, 1.807) is 0 Å². The number of benzene rings is 1. The fraction of sp³-hybridized carbons (Fsp3) is 0.588. The lowest BCUT2D eigenvalue weighted by molar-refractivity contribution is -0.124. The molecule has 19 heavy (non-hydrogen) atoms. The second kappa shape index (κ2) is 5.09. The standard InChI is InChI=1S/C17H23NO/c1-3-16(19)17-14(10-13-8-9-15(17)18-13)12-6-4-11(2)5-7-12/h4-7,13-15,17-18H,3,8-10H2,1-2H3/t13-,14+,15+,17-/m0/s1. The maximum atomic E-state index is 12.4. The Hall–Kier alpha value is -1.15. The monoisotopic (exact) mass is 257 g/mol. The van der Waals surface area contributed by atoms with Crippen LogP contribution in [0.2, 0.25) is 0 Å². The molecule has 1 aromatic rings. The van der Waals surface area contributed by atoms with Gasteiger partial charge in [-0.15, -0.1) is 0 Å². The van der Waals surface area contributed by atoms with E-state index in [1.807, 2.05) is 6.92 Å². The topological polar surface area (TPSA) is 29.1 Å². The molecule has 0 aliphatic carbocycles. The normalized spacial score (nSPS) is 33.4. The van der Waals surface area contributed by atoms with Crippen molar-refractivity contribution in [1.82, 2.24) is 5.32 Å². The number of ketones is 1. The number of carbonyl (C=O) groups excluding carboxylic acids is 1. The zero-order chi connectivity index (χ0) is 13.4. The number of piperidine rings is 1. The van der Waals surface area contributed by atoms with Crippen LogP contribution in [0, 0.1) is 12.8 Å². The average Bonchev–Trinajstić information content (AvgIpc) is 2.80. The summed E-state index contributed by atoms with van der Waals surface area (Å²) in [5.74, 6) is 1.04. The number of aryl methyl sites for hydroxylation is 1. The number of hydrogen-bond acceptors (Lipinski definition) is 2. The third-order valence-corrected chi connectivity index (χ3v) is 4.91. The van der Waals surface area contributed by atoms with Crippen LogP contribution in [-0.2, 0) is 4.79 Å². The van der Waals surface area contributed by atoms with Crippen LogP contribution in [0.4, 0.5) is 0 Å². The molecule has 3 rings (SSSR count). The Morgan fingerprint density at radius 1 is 1.26 bits per heavy atom. The first kappa shape index (κ1) is 12.9. The summed E-state index contributed by atoms with van der Waals surface area (Å²) in [7, 11) is 0. The molecule has 0 unspecified atom stereocenters. The van der Waals surface area contributed by atoms with E-state index < -0.39 is 0 Å². The van der Waals surface area contributed by atoms with Gasteiger partial charge in [0.25, 0.3) is 0 Å². The van der Waals surface area contributed by atoms with E-state index in [2.05, 4.69) is 36.5 Å². The highest BCUT2D eigenvalue weighted by molar-refractivity contribution is 5.82. The highest BCUT2D eigenvalue weighted by atomic mass is 16.1. The molecule has 2 aliphatic rings. The molecule has 1 N–H and O–H groups in total. The maximum Gasteiger partial charge on any atom is 0.137 e. The lowest BCUT2D eigenvalue weighted by atomic mass is 9.74. The molecule has 2 nitrogen and oxygen atoms in total. The molecule has 2 saturated heterocycles.